The lowest BCUT2D eigenvalue weighted by atomic mass is 10.0. The fraction of sp³-hybridized carbons (Fsp3) is 0.263. The summed E-state index contributed by atoms with van der Waals surface area (Å²) in [6.07, 6.45) is 1.03. The molecule has 2 amide bonds. The smallest absolute Gasteiger partial charge is 0.240 e. The molecular weight excluding hydrogens is 343 g/mol. The third kappa shape index (κ3) is 3.82. The number of carbonyl (C=O) groups is 2. The van der Waals surface area contributed by atoms with Crippen LogP contribution in [0.3, 0.4) is 0 Å². The molecule has 2 N–H and O–H groups in total. The van der Waals surface area contributed by atoms with E-state index in [1.54, 1.807) is 30.3 Å². The standard InChI is InChI=1S/C19H18ClFN2O2/c1-12-10-14(20)4-7-16(12)23-18(25)19(8-9-19)17(24)22-11-13-2-5-15(21)6-3-13/h2-7,10H,8-9,11H2,1H3,(H,22,24)(H,23,25). The first-order valence-corrected chi connectivity index (χ1v) is 8.39. The molecule has 2 aromatic carbocycles. The van der Waals surface area contributed by atoms with Gasteiger partial charge in [0, 0.05) is 17.3 Å². The Morgan fingerprint density at radius 2 is 1.80 bits per heavy atom. The number of carbonyl (C=O) groups excluding carboxylic acids is 2. The molecule has 0 saturated heterocycles. The van der Waals surface area contributed by atoms with Gasteiger partial charge in [0.25, 0.3) is 0 Å². The Bertz CT molecular complexity index is 817. The molecule has 6 heteroatoms. The Morgan fingerprint density at radius 1 is 1.12 bits per heavy atom. The van der Waals surface area contributed by atoms with E-state index in [2.05, 4.69) is 10.6 Å². The fourth-order valence-electron chi connectivity index (χ4n) is 2.65. The molecule has 2 aromatic rings. The Hall–Kier alpha value is -2.40. The van der Waals surface area contributed by atoms with Gasteiger partial charge >= 0.3 is 0 Å². The molecule has 0 spiro atoms. The van der Waals surface area contributed by atoms with Crippen molar-refractivity contribution < 1.29 is 14.0 Å². The molecule has 1 fully saturated rings. The van der Waals surface area contributed by atoms with Crippen LogP contribution < -0.4 is 10.6 Å². The lowest BCUT2D eigenvalue weighted by Crippen LogP contribution is -2.39. The van der Waals surface area contributed by atoms with Gasteiger partial charge in [-0.15, -0.1) is 0 Å². The lowest BCUT2D eigenvalue weighted by Gasteiger charge is -2.16. The summed E-state index contributed by atoms with van der Waals surface area (Å²) in [6, 6.07) is 11.1. The summed E-state index contributed by atoms with van der Waals surface area (Å²) in [5.74, 6) is -0.943. The van der Waals surface area contributed by atoms with Gasteiger partial charge in [-0.2, -0.15) is 0 Å². The molecule has 0 unspecified atom stereocenters. The maximum atomic E-state index is 12.9. The number of anilines is 1. The summed E-state index contributed by atoms with van der Waals surface area (Å²) in [5.41, 5.74) is 1.24. The summed E-state index contributed by atoms with van der Waals surface area (Å²) in [6.45, 7) is 2.10. The third-order valence-corrected chi connectivity index (χ3v) is 4.66. The van der Waals surface area contributed by atoms with E-state index < -0.39 is 5.41 Å². The minimum atomic E-state index is -1.02. The van der Waals surface area contributed by atoms with Gasteiger partial charge in [-0.05, 0) is 61.2 Å². The number of amides is 2. The van der Waals surface area contributed by atoms with Gasteiger partial charge in [0.1, 0.15) is 11.2 Å². The largest absolute Gasteiger partial charge is 0.351 e. The Balaban J connectivity index is 1.63. The van der Waals surface area contributed by atoms with Crippen molar-refractivity contribution >= 4 is 29.1 Å². The van der Waals surface area contributed by atoms with Gasteiger partial charge in [0.15, 0.2) is 0 Å². The minimum Gasteiger partial charge on any atom is -0.351 e. The fourth-order valence-corrected chi connectivity index (χ4v) is 2.87. The maximum absolute atomic E-state index is 12.9. The van der Waals surface area contributed by atoms with Crippen LogP contribution in [0.25, 0.3) is 0 Å². The average molecular weight is 361 g/mol. The van der Waals surface area contributed by atoms with Crippen LogP contribution in [0.5, 0.6) is 0 Å². The molecular formula is C19H18ClFN2O2. The van der Waals surface area contributed by atoms with E-state index in [0.29, 0.717) is 23.6 Å². The summed E-state index contributed by atoms with van der Waals surface area (Å²) in [4.78, 5) is 25.0. The lowest BCUT2D eigenvalue weighted by molar-refractivity contribution is -0.134. The quantitative estimate of drug-likeness (QED) is 0.796. The molecule has 0 heterocycles. The van der Waals surface area contributed by atoms with Crippen molar-refractivity contribution in [3.8, 4) is 0 Å². The van der Waals surface area contributed by atoms with E-state index >= 15 is 0 Å². The summed E-state index contributed by atoms with van der Waals surface area (Å²) in [7, 11) is 0. The van der Waals surface area contributed by atoms with Gasteiger partial charge in [0.05, 0.1) is 0 Å². The Kier molecular flexibility index (Phi) is 4.77. The van der Waals surface area contributed by atoms with Crippen LogP contribution in [0.4, 0.5) is 10.1 Å². The maximum Gasteiger partial charge on any atom is 0.240 e. The molecule has 0 atom stereocenters. The number of rotatable bonds is 5. The topological polar surface area (TPSA) is 58.2 Å². The highest BCUT2D eigenvalue weighted by atomic mass is 35.5. The van der Waals surface area contributed by atoms with Gasteiger partial charge in [-0.3, -0.25) is 9.59 Å². The molecule has 0 bridgehead atoms. The van der Waals surface area contributed by atoms with E-state index in [4.69, 9.17) is 11.6 Å². The second kappa shape index (κ2) is 6.84. The van der Waals surface area contributed by atoms with Crippen molar-refractivity contribution in [1.29, 1.82) is 0 Å². The summed E-state index contributed by atoms with van der Waals surface area (Å²) in [5, 5.41) is 6.18. The van der Waals surface area contributed by atoms with Gasteiger partial charge in [0.2, 0.25) is 11.8 Å². The Morgan fingerprint density at radius 3 is 2.40 bits per heavy atom. The zero-order valence-electron chi connectivity index (χ0n) is 13.7. The number of benzene rings is 2. The third-order valence-electron chi connectivity index (χ3n) is 4.42. The molecule has 1 aliphatic carbocycles. The number of halogens is 2. The van der Waals surface area contributed by atoms with Crippen molar-refractivity contribution in [1.82, 2.24) is 5.32 Å². The SMILES string of the molecule is Cc1cc(Cl)ccc1NC(=O)C1(C(=O)NCc2ccc(F)cc2)CC1. The van der Waals surface area contributed by atoms with Crippen LogP contribution in [-0.2, 0) is 16.1 Å². The first-order valence-electron chi connectivity index (χ1n) is 8.01. The van der Waals surface area contributed by atoms with E-state index in [1.165, 1.54) is 12.1 Å². The monoisotopic (exact) mass is 360 g/mol. The Labute approximate surface area is 150 Å². The second-order valence-corrected chi connectivity index (χ2v) is 6.74. The molecule has 1 saturated carbocycles. The van der Waals surface area contributed by atoms with Gasteiger partial charge in [-0.25, -0.2) is 4.39 Å². The van der Waals surface area contributed by atoms with Crippen LogP contribution in [0.15, 0.2) is 42.5 Å². The van der Waals surface area contributed by atoms with E-state index in [-0.39, 0.29) is 24.2 Å². The predicted molar refractivity (Wildman–Crippen MR) is 94.7 cm³/mol. The first-order chi connectivity index (χ1) is 11.9. The molecule has 3 rings (SSSR count). The van der Waals surface area contributed by atoms with Crippen LogP contribution in [-0.4, -0.2) is 11.8 Å². The van der Waals surface area contributed by atoms with Gasteiger partial charge < -0.3 is 10.6 Å². The predicted octanol–water partition coefficient (Wildman–Crippen LogP) is 3.82. The molecule has 1 aliphatic rings. The highest BCUT2D eigenvalue weighted by molar-refractivity contribution is 6.30. The number of hydrogen-bond acceptors (Lipinski definition) is 2. The number of nitrogens with one attached hydrogen (secondary N) is 2. The molecule has 25 heavy (non-hydrogen) atoms. The highest BCUT2D eigenvalue weighted by Crippen LogP contribution is 2.47. The van der Waals surface area contributed by atoms with Crippen LogP contribution in [0.1, 0.15) is 24.0 Å². The molecule has 0 aliphatic heterocycles. The van der Waals surface area contributed by atoms with Crippen LogP contribution >= 0.6 is 11.6 Å². The highest BCUT2D eigenvalue weighted by Gasteiger charge is 2.56. The second-order valence-electron chi connectivity index (χ2n) is 6.30. The first kappa shape index (κ1) is 17.4. The van der Waals surface area contributed by atoms with Crippen LogP contribution in [0, 0.1) is 18.2 Å². The van der Waals surface area contributed by atoms with E-state index in [0.717, 1.165) is 11.1 Å². The van der Waals surface area contributed by atoms with Crippen molar-refractivity contribution in [3.63, 3.8) is 0 Å². The van der Waals surface area contributed by atoms with Crippen molar-refractivity contribution in [3.05, 3.63) is 64.4 Å². The van der Waals surface area contributed by atoms with E-state index in [1.807, 2.05) is 6.92 Å². The van der Waals surface area contributed by atoms with Gasteiger partial charge in [-0.1, -0.05) is 23.7 Å². The molecule has 0 aromatic heterocycles. The van der Waals surface area contributed by atoms with E-state index in [9.17, 15) is 14.0 Å². The summed E-state index contributed by atoms with van der Waals surface area (Å²) < 4.78 is 12.9. The molecule has 130 valence electrons. The minimum absolute atomic E-state index is 0.258. The summed E-state index contributed by atoms with van der Waals surface area (Å²) >= 11 is 5.92. The molecule has 4 nitrogen and oxygen atoms in total. The zero-order chi connectivity index (χ0) is 18.0. The molecule has 0 radical (unpaired) electrons. The zero-order valence-corrected chi connectivity index (χ0v) is 14.5. The average Bonchev–Trinajstić information content (AvgIpc) is 3.38. The van der Waals surface area contributed by atoms with Crippen molar-refractivity contribution in [2.45, 2.75) is 26.3 Å². The number of hydrogen-bond donors (Lipinski definition) is 2. The van der Waals surface area contributed by atoms with Crippen LogP contribution in [0.2, 0.25) is 5.02 Å². The van der Waals surface area contributed by atoms with Crippen molar-refractivity contribution in [2.75, 3.05) is 5.32 Å². The number of aryl methyl sites for hydroxylation is 1. The normalized spacial score (nSPS) is 14.7. The van der Waals surface area contributed by atoms with Crippen molar-refractivity contribution in [2.24, 2.45) is 5.41 Å².